The molecule has 0 atom stereocenters. The molecular formula is C16H21FO2. The number of aliphatic hydroxyl groups is 1. The second-order valence-corrected chi connectivity index (χ2v) is 4.99. The van der Waals surface area contributed by atoms with Crippen LogP contribution in [0.3, 0.4) is 0 Å². The van der Waals surface area contributed by atoms with Gasteiger partial charge in [-0.1, -0.05) is 24.8 Å². The molecule has 104 valence electrons. The molecule has 0 fully saturated rings. The molecule has 0 aromatic heterocycles. The highest BCUT2D eigenvalue weighted by Gasteiger charge is 2.15. The maximum Gasteiger partial charge on any atom is 0.138 e. The zero-order valence-electron chi connectivity index (χ0n) is 11.8. The lowest BCUT2D eigenvalue weighted by Crippen LogP contribution is -2.22. The minimum absolute atomic E-state index is 0.0118. The molecule has 1 aromatic rings. The van der Waals surface area contributed by atoms with E-state index >= 15 is 0 Å². The molecule has 0 aliphatic heterocycles. The molecule has 0 saturated heterocycles. The molecule has 0 spiro atoms. The van der Waals surface area contributed by atoms with E-state index in [9.17, 15) is 4.39 Å². The molecule has 0 unspecified atom stereocenters. The van der Waals surface area contributed by atoms with E-state index < -0.39 is 0 Å². The molecule has 3 heteroatoms. The molecule has 0 heterocycles. The second-order valence-electron chi connectivity index (χ2n) is 4.99. The molecule has 0 amide bonds. The van der Waals surface area contributed by atoms with Crippen molar-refractivity contribution in [1.82, 2.24) is 0 Å². The summed E-state index contributed by atoms with van der Waals surface area (Å²) in [6, 6.07) is 4.81. The summed E-state index contributed by atoms with van der Waals surface area (Å²) in [7, 11) is 0. The smallest absolute Gasteiger partial charge is 0.138 e. The van der Waals surface area contributed by atoms with Gasteiger partial charge in [-0.15, -0.1) is 0 Å². The van der Waals surface area contributed by atoms with Crippen LogP contribution in [0.5, 0.6) is 0 Å². The Hall–Kier alpha value is -1.37. The Kier molecular flexibility index (Phi) is 6.01. The minimum Gasteiger partial charge on any atom is -0.395 e. The summed E-state index contributed by atoms with van der Waals surface area (Å²) in [6.45, 7) is 6.55. The van der Waals surface area contributed by atoms with Crippen LogP contribution in [0.2, 0.25) is 0 Å². The number of aliphatic hydroxyl groups excluding tert-OH is 1. The van der Waals surface area contributed by atoms with Crippen molar-refractivity contribution in [3.63, 3.8) is 0 Å². The lowest BCUT2D eigenvalue weighted by molar-refractivity contribution is -0.0316. The highest BCUT2D eigenvalue weighted by molar-refractivity contribution is 5.38. The summed E-state index contributed by atoms with van der Waals surface area (Å²) in [5.41, 5.74) is 1.07. The van der Waals surface area contributed by atoms with Crippen LogP contribution in [0, 0.1) is 17.7 Å². The topological polar surface area (TPSA) is 29.5 Å². The van der Waals surface area contributed by atoms with E-state index in [-0.39, 0.29) is 18.0 Å². The standard InChI is InChI=1S/C16H21FO2/c1-4-16(2,3)19-12-13-8-9-15(17)14(11-13)7-5-6-10-18/h8-9,11,18H,4,6,10,12H2,1-3H3. The number of hydrogen-bond donors (Lipinski definition) is 1. The Morgan fingerprint density at radius 2 is 2.11 bits per heavy atom. The van der Waals surface area contributed by atoms with Crippen LogP contribution < -0.4 is 0 Å². The van der Waals surface area contributed by atoms with E-state index in [1.807, 2.05) is 13.8 Å². The SMILES string of the molecule is CCC(C)(C)OCc1ccc(F)c(C#CCCO)c1. The van der Waals surface area contributed by atoms with Crippen LogP contribution in [0.4, 0.5) is 4.39 Å². The molecule has 1 rings (SSSR count). The Balaban J connectivity index is 2.77. The van der Waals surface area contributed by atoms with Crippen molar-refractivity contribution in [1.29, 1.82) is 0 Å². The maximum atomic E-state index is 13.5. The van der Waals surface area contributed by atoms with Gasteiger partial charge in [0, 0.05) is 6.42 Å². The second kappa shape index (κ2) is 7.28. The Bertz CT molecular complexity index is 469. The van der Waals surface area contributed by atoms with Crippen molar-refractivity contribution in [2.75, 3.05) is 6.61 Å². The number of halogens is 1. The van der Waals surface area contributed by atoms with Gasteiger partial charge in [0.15, 0.2) is 0 Å². The van der Waals surface area contributed by atoms with Gasteiger partial charge in [0.1, 0.15) is 5.82 Å². The van der Waals surface area contributed by atoms with Crippen molar-refractivity contribution >= 4 is 0 Å². The van der Waals surface area contributed by atoms with Crippen LogP contribution in [0.1, 0.15) is 44.7 Å². The lowest BCUT2D eigenvalue weighted by atomic mass is 10.1. The first kappa shape index (κ1) is 15.7. The summed E-state index contributed by atoms with van der Waals surface area (Å²) < 4.78 is 19.3. The van der Waals surface area contributed by atoms with Crippen LogP contribution in [0.15, 0.2) is 18.2 Å². The molecular weight excluding hydrogens is 243 g/mol. The van der Waals surface area contributed by atoms with Gasteiger partial charge in [-0.05, 0) is 38.0 Å². The van der Waals surface area contributed by atoms with Crippen molar-refractivity contribution in [3.8, 4) is 11.8 Å². The molecule has 1 aromatic carbocycles. The van der Waals surface area contributed by atoms with Gasteiger partial charge in [0.2, 0.25) is 0 Å². The first-order chi connectivity index (χ1) is 8.98. The van der Waals surface area contributed by atoms with Crippen LogP contribution in [-0.4, -0.2) is 17.3 Å². The zero-order chi connectivity index (χ0) is 14.3. The Labute approximate surface area is 114 Å². The summed E-state index contributed by atoms with van der Waals surface area (Å²) in [6.07, 6.45) is 1.26. The van der Waals surface area contributed by atoms with Gasteiger partial charge >= 0.3 is 0 Å². The van der Waals surface area contributed by atoms with Crippen molar-refractivity contribution in [2.24, 2.45) is 0 Å². The van der Waals surface area contributed by atoms with Gasteiger partial charge in [0.05, 0.1) is 24.4 Å². The molecule has 19 heavy (non-hydrogen) atoms. The van der Waals surface area contributed by atoms with Gasteiger partial charge < -0.3 is 9.84 Å². The molecule has 0 aliphatic rings. The summed E-state index contributed by atoms with van der Waals surface area (Å²) in [5, 5.41) is 8.65. The molecule has 0 bridgehead atoms. The van der Waals surface area contributed by atoms with Crippen LogP contribution >= 0.6 is 0 Å². The van der Waals surface area contributed by atoms with E-state index in [2.05, 4.69) is 18.8 Å². The summed E-state index contributed by atoms with van der Waals surface area (Å²) in [4.78, 5) is 0. The molecule has 0 aliphatic carbocycles. The average molecular weight is 264 g/mol. The Morgan fingerprint density at radius 1 is 1.37 bits per heavy atom. The van der Waals surface area contributed by atoms with Crippen molar-refractivity contribution in [3.05, 3.63) is 35.1 Å². The number of hydrogen-bond acceptors (Lipinski definition) is 2. The predicted molar refractivity (Wildman–Crippen MR) is 74.1 cm³/mol. The van der Waals surface area contributed by atoms with Crippen molar-refractivity contribution in [2.45, 2.75) is 45.8 Å². The van der Waals surface area contributed by atoms with E-state index in [0.29, 0.717) is 18.6 Å². The summed E-state index contributed by atoms with van der Waals surface area (Å²) >= 11 is 0. The molecule has 0 saturated carbocycles. The van der Waals surface area contributed by atoms with Gasteiger partial charge in [0.25, 0.3) is 0 Å². The Morgan fingerprint density at radius 3 is 2.74 bits per heavy atom. The summed E-state index contributed by atoms with van der Waals surface area (Å²) in [5.74, 6) is 5.10. The lowest BCUT2D eigenvalue weighted by Gasteiger charge is -2.23. The molecule has 0 radical (unpaired) electrons. The monoisotopic (exact) mass is 264 g/mol. The van der Waals surface area contributed by atoms with Gasteiger partial charge in [-0.25, -0.2) is 4.39 Å². The van der Waals surface area contributed by atoms with Crippen LogP contribution in [0.25, 0.3) is 0 Å². The zero-order valence-corrected chi connectivity index (χ0v) is 11.8. The number of ether oxygens (including phenoxy) is 1. The first-order valence-corrected chi connectivity index (χ1v) is 6.50. The number of benzene rings is 1. The fourth-order valence-corrected chi connectivity index (χ4v) is 1.35. The largest absolute Gasteiger partial charge is 0.395 e. The fourth-order valence-electron chi connectivity index (χ4n) is 1.35. The first-order valence-electron chi connectivity index (χ1n) is 6.50. The highest BCUT2D eigenvalue weighted by atomic mass is 19.1. The van der Waals surface area contributed by atoms with Crippen molar-refractivity contribution < 1.29 is 14.2 Å². The third kappa shape index (κ3) is 5.42. The van der Waals surface area contributed by atoms with E-state index in [0.717, 1.165) is 12.0 Å². The molecule has 2 nitrogen and oxygen atoms in total. The van der Waals surface area contributed by atoms with E-state index in [4.69, 9.17) is 9.84 Å². The van der Waals surface area contributed by atoms with Gasteiger partial charge in [-0.3, -0.25) is 0 Å². The maximum absolute atomic E-state index is 13.5. The van der Waals surface area contributed by atoms with Gasteiger partial charge in [-0.2, -0.15) is 0 Å². The number of rotatable bonds is 5. The highest BCUT2D eigenvalue weighted by Crippen LogP contribution is 2.17. The minimum atomic E-state index is -0.344. The van der Waals surface area contributed by atoms with Crippen LogP contribution in [-0.2, 0) is 11.3 Å². The quantitative estimate of drug-likeness (QED) is 0.827. The van der Waals surface area contributed by atoms with E-state index in [1.54, 1.807) is 12.1 Å². The third-order valence-electron chi connectivity index (χ3n) is 2.97. The predicted octanol–water partition coefficient (Wildman–Crippen LogP) is 3.26. The average Bonchev–Trinajstić information content (AvgIpc) is 2.40. The third-order valence-corrected chi connectivity index (χ3v) is 2.97. The van der Waals surface area contributed by atoms with E-state index in [1.165, 1.54) is 6.07 Å². The fraction of sp³-hybridized carbons (Fsp3) is 0.500. The molecule has 1 N–H and O–H groups in total. The normalized spacial score (nSPS) is 11.0.